The summed E-state index contributed by atoms with van der Waals surface area (Å²) in [6.45, 7) is 0.404. The van der Waals surface area contributed by atoms with Crippen LogP contribution in [0.25, 0.3) is 0 Å². The van der Waals surface area contributed by atoms with Gasteiger partial charge in [0, 0.05) is 33.1 Å². The Morgan fingerprint density at radius 2 is 1.86 bits per heavy atom. The Hall–Kier alpha value is -1.87. The van der Waals surface area contributed by atoms with Crippen molar-refractivity contribution in [3.8, 4) is 0 Å². The molecule has 0 radical (unpaired) electrons. The van der Waals surface area contributed by atoms with Crippen molar-refractivity contribution in [2.75, 3.05) is 27.2 Å². The van der Waals surface area contributed by atoms with Gasteiger partial charge in [0.1, 0.15) is 0 Å². The summed E-state index contributed by atoms with van der Waals surface area (Å²) < 4.78 is 31.4. The predicted octanol–water partition coefficient (Wildman–Crippen LogP) is -0.133. The molecule has 0 saturated carbocycles. The Morgan fingerprint density at radius 3 is 2.36 bits per heavy atom. The maximum Gasteiger partial charge on any atom is 0.289 e. The summed E-state index contributed by atoms with van der Waals surface area (Å²) in [7, 11) is -0.707. The molecule has 8 nitrogen and oxygen atoms in total. The molecule has 1 aromatic heterocycles. The first-order chi connectivity index (χ1) is 10.2. The van der Waals surface area contributed by atoms with Crippen molar-refractivity contribution in [1.29, 1.82) is 0 Å². The van der Waals surface area contributed by atoms with Crippen LogP contribution in [0.15, 0.2) is 21.6 Å². The number of nitrogens with zero attached hydrogens (tertiary/aromatic N) is 2. The zero-order chi connectivity index (χ0) is 16.5. The monoisotopic (exact) mass is 329 g/mol. The highest BCUT2D eigenvalue weighted by atomic mass is 32.2. The average molecular weight is 329 g/mol. The van der Waals surface area contributed by atoms with Crippen LogP contribution in [0, 0.1) is 5.92 Å². The molecule has 2 rings (SSSR count). The molecule has 2 N–H and O–H groups in total. The summed E-state index contributed by atoms with van der Waals surface area (Å²) in [5.74, 6) is -1.15. The zero-order valence-electron chi connectivity index (χ0n) is 12.5. The molecule has 1 fully saturated rings. The van der Waals surface area contributed by atoms with Crippen molar-refractivity contribution in [2.24, 2.45) is 11.7 Å². The number of carbonyl (C=O) groups excluding carboxylic acids is 2. The summed E-state index contributed by atoms with van der Waals surface area (Å²) in [5, 5.41) is -0.268. The number of carbonyl (C=O) groups is 2. The molecule has 2 amide bonds. The molecule has 22 heavy (non-hydrogen) atoms. The van der Waals surface area contributed by atoms with Gasteiger partial charge in [-0.2, -0.15) is 4.31 Å². The van der Waals surface area contributed by atoms with Crippen LogP contribution in [0.4, 0.5) is 0 Å². The number of hydrogen-bond donors (Lipinski definition) is 1. The van der Waals surface area contributed by atoms with Crippen LogP contribution >= 0.6 is 0 Å². The maximum absolute atomic E-state index is 12.5. The van der Waals surface area contributed by atoms with Gasteiger partial charge in [-0.05, 0) is 25.0 Å². The van der Waals surface area contributed by atoms with Crippen molar-refractivity contribution in [2.45, 2.75) is 17.9 Å². The number of rotatable bonds is 4. The molecule has 1 aliphatic heterocycles. The number of nitrogens with two attached hydrogens (primary N) is 1. The molecule has 0 unspecified atom stereocenters. The number of primary amides is 1. The lowest BCUT2D eigenvalue weighted by Gasteiger charge is -2.28. The summed E-state index contributed by atoms with van der Waals surface area (Å²) in [6.07, 6.45) is 0.775. The topological polar surface area (TPSA) is 114 Å². The first-order valence-electron chi connectivity index (χ1n) is 6.84. The molecule has 0 aromatic carbocycles. The molecule has 9 heteroatoms. The third-order valence-corrected chi connectivity index (χ3v) is 5.42. The standard InChI is InChI=1S/C13H19N3O5S/c1-15(2)13(18)10-3-4-11(21-10)22(19,20)16-7-5-9(6-8-16)12(14)17/h3-4,9H,5-8H2,1-2H3,(H2,14,17). The smallest absolute Gasteiger partial charge is 0.289 e. The summed E-state index contributed by atoms with van der Waals surface area (Å²) in [5.41, 5.74) is 5.23. The van der Waals surface area contributed by atoms with Gasteiger partial charge in [-0.15, -0.1) is 0 Å². The zero-order valence-corrected chi connectivity index (χ0v) is 13.3. The van der Waals surface area contributed by atoms with E-state index in [1.807, 2.05) is 0 Å². The molecule has 1 aromatic rings. The lowest BCUT2D eigenvalue weighted by atomic mass is 9.98. The fourth-order valence-corrected chi connectivity index (χ4v) is 3.68. The molecule has 0 aliphatic carbocycles. The molecule has 122 valence electrons. The average Bonchev–Trinajstić information content (AvgIpc) is 2.96. The minimum Gasteiger partial charge on any atom is -0.438 e. The number of sulfonamides is 1. The Bertz CT molecular complexity index is 672. The molecular formula is C13H19N3O5S. The van der Waals surface area contributed by atoms with Crippen molar-refractivity contribution in [1.82, 2.24) is 9.21 Å². The Kier molecular flexibility index (Phi) is 4.57. The Balaban J connectivity index is 2.15. The van der Waals surface area contributed by atoms with E-state index in [0.29, 0.717) is 12.8 Å². The van der Waals surface area contributed by atoms with Crippen molar-refractivity contribution < 1.29 is 22.4 Å². The molecule has 0 bridgehead atoms. The normalized spacial score (nSPS) is 17.4. The van der Waals surface area contributed by atoms with E-state index in [1.54, 1.807) is 14.1 Å². The number of hydrogen-bond acceptors (Lipinski definition) is 5. The molecular weight excluding hydrogens is 310 g/mol. The van der Waals surface area contributed by atoms with Gasteiger partial charge in [0.2, 0.25) is 11.0 Å². The molecule has 0 atom stereocenters. The van der Waals surface area contributed by atoms with E-state index in [0.717, 1.165) is 0 Å². The molecule has 1 aliphatic rings. The van der Waals surface area contributed by atoms with Gasteiger partial charge in [-0.1, -0.05) is 0 Å². The van der Waals surface area contributed by atoms with Gasteiger partial charge >= 0.3 is 0 Å². The van der Waals surface area contributed by atoms with E-state index in [-0.39, 0.29) is 29.9 Å². The summed E-state index contributed by atoms with van der Waals surface area (Å²) >= 11 is 0. The maximum atomic E-state index is 12.5. The van der Waals surface area contributed by atoms with Crippen LogP contribution in [0.2, 0.25) is 0 Å². The second-order valence-electron chi connectivity index (χ2n) is 5.40. The lowest BCUT2D eigenvalue weighted by Crippen LogP contribution is -2.41. The van der Waals surface area contributed by atoms with Crippen LogP contribution < -0.4 is 5.73 Å². The minimum atomic E-state index is -3.81. The van der Waals surface area contributed by atoms with Gasteiger partial charge in [-0.3, -0.25) is 9.59 Å². The third-order valence-electron chi connectivity index (χ3n) is 3.65. The van der Waals surface area contributed by atoms with Crippen LogP contribution in [0.1, 0.15) is 23.4 Å². The van der Waals surface area contributed by atoms with Gasteiger partial charge in [0.25, 0.3) is 15.9 Å². The first kappa shape index (κ1) is 16.5. The highest BCUT2D eigenvalue weighted by molar-refractivity contribution is 7.89. The van der Waals surface area contributed by atoms with Gasteiger partial charge in [-0.25, -0.2) is 8.42 Å². The van der Waals surface area contributed by atoms with Crippen LogP contribution in [-0.2, 0) is 14.8 Å². The largest absolute Gasteiger partial charge is 0.438 e. The van der Waals surface area contributed by atoms with Crippen molar-refractivity contribution >= 4 is 21.8 Å². The second-order valence-corrected chi connectivity index (χ2v) is 7.27. The van der Waals surface area contributed by atoms with E-state index in [9.17, 15) is 18.0 Å². The van der Waals surface area contributed by atoms with Crippen LogP contribution in [0.3, 0.4) is 0 Å². The van der Waals surface area contributed by atoms with Crippen molar-refractivity contribution in [3.05, 3.63) is 17.9 Å². The van der Waals surface area contributed by atoms with E-state index in [4.69, 9.17) is 10.2 Å². The molecule has 1 saturated heterocycles. The number of amides is 2. The lowest BCUT2D eigenvalue weighted by molar-refractivity contribution is -0.122. The third kappa shape index (κ3) is 3.14. The molecule has 2 heterocycles. The fourth-order valence-electron chi connectivity index (χ4n) is 2.30. The van der Waals surface area contributed by atoms with E-state index < -0.39 is 21.8 Å². The summed E-state index contributed by atoms with van der Waals surface area (Å²) in [4.78, 5) is 24.2. The quantitative estimate of drug-likeness (QED) is 0.826. The van der Waals surface area contributed by atoms with Gasteiger partial charge in [0.15, 0.2) is 5.76 Å². The number of furan rings is 1. The van der Waals surface area contributed by atoms with Gasteiger partial charge < -0.3 is 15.1 Å². The SMILES string of the molecule is CN(C)C(=O)c1ccc(S(=O)(=O)N2CCC(C(N)=O)CC2)o1. The highest BCUT2D eigenvalue weighted by Gasteiger charge is 2.33. The van der Waals surface area contributed by atoms with Crippen LogP contribution in [0.5, 0.6) is 0 Å². The van der Waals surface area contributed by atoms with Gasteiger partial charge in [0.05, 0.1) is 0 Å². The number of piperidine rings is 1. The molecule has 0 spiro atoms. The van der Waals surface area contributed by atoms with E-state index in [1.165, 1.54) is 21.3 Å². The fraction of sp³-hybridized carbons (Fsp3) is 0.538. The predicted molar refractivity (Wildman–Crippen MR) is 77.4 cm³/mol. The first-order valence-corrected chi connectivity index (χ1v) is 8.28. The highest BCUT2D eigenvalue weighted by Crippen LogP contribution is 2.25. The van der Waals surface area contributed by atoms with Crippen molar-refractivity contribution in [3.63, 3.8) is 0 Å². The van der Waals surface area contributed by atoms with E-state index in [2.05, 4.69) is 0 Å². The minimum absolute atomic E-state index is 0.0319. The summed E-state index contributed by atoms with van der Waals surface area (Å²) in [6, 6.07) is 2.61. The Labute approximate surface area is 128 Å². The Morgan fingerprint density at radius 1 is 1.27 bits per heavy atom. The van der Waals surface area contributed by atoms with Crippen LogP contribution in [-0.4, -0.2) is 56.6 Å². The second kappa shape index (κ2) is 6.09. The van der Waals surface area contributed by atoms with E-state index >= 15 is 0 Å².